The van der Waals surface area contributed by atoms with Crippen LogP contribution in [0.3, 0.4) is 0 Å². The van der Waals surface area contributed by atoms with Crippen molar-refractivity contribution in [1.82, 2.24) is 10.1 Å². The van der Waals surface area contributed by atoms with Crippen LogP contribution in [0.25, 0.3) is 0 Å². The Balaban J connectivity index is 2.42. The molecule has 0 saturated carbocycles. The summed E-state index contributed by atoms with van der Waals surface area (Å²) in [5.74, 6) is 1.29. The Morgan fingerprint density at radius 3 is 2.79 bits per heavy atom. The highest BCUT2D eigenvalue weighted by atomic mass is 16.5. The van der Waals surface area contributed by atoms with Gasteiger partial charge in [0.05, 0.1) is 12.5 Å². The average molecular weight is 198 g/mol. The highest BCUT2D eigenvalue weighted by Gasteiger charge is 2.10. The van der Waals surface area contributed by atoms with Gasteiger partial charge in [-0.2, -0.15) is 4.98 Å². The Labute approximate surface area is 84.3 Å². The summed E-state index contributed by atoms with van der Waals surface area (Å²) < 4.78 is 5.01. The number of hydrogen-bond donors (Lipinski definition) is 1. The van der Waals surface area contributed by atoms with E-state index in [0.717, 1.165) is 31.5 Å². The molecule has 0 saturated heterocycles. The molecule has 0 aliphatic heterocycles. The van der Waals surface area contributed by atoms with Gasteiger partial charge in [0.2, 0.25) is 5.89 Å². The van der Waals surface area contributed by atoms with Gasteiger partial charge in [-0.1, -0.05) is 25.4 Å². The van der Waals surface area contributed by atoms with Gasteiger partial charge in [0.1, 0.15) is 0 Å². The molecule has 4 heteroatoms. The van der Waals surface area contributed by atoms with Gasteiger partial charge in [0, 0.05) is 6.42 Å². The minimum Gasteiger partial charge on any atom is -0.393 e. The summed E-state index contributed by atoms with van der Waals surface area (Å²) in [6, 6.07) is 0. The second-order valence-corrected chi connectivity index (χ2v) is 3.50. The average Bonchev–Trinajstić information content (AvgIpc) is 2.53. The zero-order valence-electron chi connectivity index (χ0n) is 8.86. The highest BCUT2D eigenvalue weighted by molar-refractivity contribution is 4.87. The lowest BCUT2D eigenvalue weighted by Gasteiger charge is -2.03. The van der Waals surface area contributed by atoms with Gasteiger partial charge in [0.15, 0.2) is 5.82 Å². The van der Waals surface area contributed by atoms with Crippen molar-refractivity contribution in [1.29, 1.82) is 0 Å². The Morgan fingerprint density at radius 2 is 2.14 bits per heavy atom. The summed E-state index contributed by atoms with van der Waals surface area (Å²) in [5.41, 5.74) is 0. The fourth-order valence-electron chi connectivity index (χ4n) is 1.34. The van der Waals surface area contributed by atoms with Crippen LogP contribution in [0.15, 0.2) is 4.52 Å². The number of nitrogens with zero attached hydrogens (tertiary/aromatic N) is 2. The van der Waals surface area contributed by atoms with Gasteiger partial charge in [-0.25, -0.2) is 0 Å². The minimum absolute atomic E-state index is 0.352. The van der Waals surface area contributed by atoms with Crippen molar-refractivity contribution < 1.29 is 9.63 Å². The fourth-order valence-corrected chi connectivity index (χ4v) is 1.34. The quantitative estimate of drug-likeness (QED) is 0.756. The van der Waals surface area contributed by atoms with Crippen LogP contribution in [0.4, 0.5) is 0 Å². The topological polar surface area (TPSA) is 59.2 Å². The van der Waals surface area contributed by atoms with Crippen LogP contribution in [0.1, 0.15) is 44.8 Å². The minimum atomic E-state index is -0.352. The van der Waals surface area contributed by atoms with Gasteiger partial charge in [-0.05, 0) is 12.8 Å². The number of aromatic nitrogens is 2. The van der Waals surface area contributed by atoms with Gasteiger partial charge in [-0.3, -0.25) is 0 Å². The lowest BCUT2D eigenvalue weighted by atomic mass is 10.1. The van der Waals surface area contributed by atoms with Crippen molar-refractivity contribution in [3.05, 3.63) is 11.7 Å². The first-order valence-corrected chi connectivity index (χ1v) is 5.25. The van der Waals surface area contributed by atoms with E-state index in [1.165, 1.54) is 0 Å². The van der Waals surface area contributed by atoms with Gasteiger partial charge >= 0.3 is 0 Å². The zero-order valence-corrected chi connectivity index (χ0v) is 8.86. The van der Waals surface area contributed by atoms with Gasteiger partial charge < -0.3 is 9.63 Å². The summed E-state index contributed by atoms with van der Waals surface area (Å²) in [6.45, 7) is 4.11. The molecule has 14 heavy (non-hydrogen) atoms. The standard InChI is InChI=1S/C10H18N2O2/c1-3-5-8(13)7-10-11-9(6-4-2)12-14-10/h8,13H,3-7H2,1-2H3. The maximum Gasteiger partial charge on any atom is 0.229 e. The molecular weight excluding hydrogens is 180 g/mol. The summed E-state index contributed by atoms with van der Waals surface area (Å²) in [7, 11) is 0. The van der Waals surface area contributed by atoms with E-state index in [-0.39, 0.29) is 6.10 Å². The molecule has 1 unspecified atom stereocenters. The zero-order chi connectivity index (χ0) is 10.4. The van der Waals surface area contributed by atoms with Crippen LogP contribution in [0, 0.1) is 0 Å². The Kier molecular flexibility index (Phi) is 4.59. The van der Waals surface area contributed by atoms with E-state index in [0.29, 0.717) is 12.3 Å². The highest BCUT2D eigenvalue weighted by Crippen LogP contribution is 2.06. The molecule has 0 aliphatic carbocycles. The maximum absolute atomic E-state index is 9.51. The summed E-state index contributed by atoms with van der Waals surface area (Å²) >= 11 is 0. The lowest BCUT2D eigenvalue weighted by Crippen LogP contribution is -2.09. The molecule has 0 amide bonds. The van der Waals surface area contributed by atoms with E-state index in [1.807, 2.05) is 6.92 Å². The van der Waals surface area contributed by atoms with Crippen molar-refractivity contribution in [3.63, 3.8) is 0 Å². The fraction of sp³-hybridized carbons (Fsp3) is 0.800. The molecule has 0 radical (unpaired) electrons. The summed E-state index contributed by atoms with van der Waals surface area (Å²) in [4.78, 5) is 4.18. The third-order valence-corrected chi connectivity index (χ3v) is 2.02. The lowest BCUT2D eigenvalue weighted by molar-refractivity contribution is 0.151. The van der Waals surface area contributed by atoms with Crippen molar-refractivity contribution in [3.8, 4) is 0 Å². The van der Waals surface area contributed by atoms with Crippen LogP contribution in [0.2, 0.25) is 0 Å². The molecule has 0 spiro atoms. The van der Waals surface area contributed by atoms with Crippen LogP contribution >= 0.6 is 0 Å². The van der Waals surface area contributed by atoms with E-state index in [4.69, 9.17) is 4.52 Å². The molecule has 1 aromatic heterocycles. The molecule has 0 bridgehead atoms. The third kappa shape index (κ3) is 3.46. The Bertz CT molecular complexity index is 260. The third-order valence-electron chi connectivity index (χ3n) is 2.02. The smallest absolute Gasteiger partial charge is 0.229 e. The second kappa shape index (κ2) is 5.75. The van der Waals surface area contributed by atoms with E-state index >= 15 is 0 Å². The van der Waals surface area contributed by atoms with Crippen LogP contribution in [-0.2, 0) is 12.8 Å². The van der Waals surface area contributed by atoms with E-state index in [9.17, 15) is 5.11 Å². The number of hydrogen-bond acceptors (Lipinski definition) is 4. The number of aliphatic hydroxyl groups is 1. The molecule has 1 rings (SSSR count). The second-order valence-electron chi connectivity index (χ2n) is 3.50. The van der Waals surface area contributed by atoms with Crippen molar-refractivity contribution in [2.45, 2.75) is 52.1 Å². The molecule has 1 aromatic rings. The SMILES string of the molecule is CCCc1noc(CC(O)CCC)n1. The van der Waals surface area contributed by atoms with Crippen LogP contribution < -0.4 is 0 Å². The largest absolute Gasteiger partial charge is 0.393 e. The first-order valence-electron chi connectivity index (χ1n) is 5.25. The summed E-state index contributed by atoms with van der Waals surface area (Å²) in [5, 5.41) is 13.3. The van der Waals surface area contributed by atoms with Gasteiger partial charge in [-0.15, -0.1) is 0 Å². The van der Waals surface area contributed by atoms with Crippen LogP contribution in [0.5, 0.6) is 0 Å². The van der Waals surface area contributed by atoms with Crippen molar-refractivity contribution in [2.24, 2.45) is 0 Å². The molecule has 0 aliphatic rings. The molecule has 4 nitrogen and oxygen atoms in total. The molecule has 0 fully saturated rings. The van der Waals surface area contributed by atoms with E-state index in [2.05, 4.69) is 17.1 Å². The van der Waals surface area contributed by atoms with Gasteiger partial charge in [0.25, 0.3) is 0 Å². The first kappa shape index (κ1) is 11.2. The molecule has 1 heterocycles. The Hall–Kier alpha value is -0.900. The van der Waals surface area contributed by atoms with Crippen molar-refractivity contribution >= 4 is 0 Å². The molecule has 80 valence electrons. The van der Waals surface area contributed by atoms with E-state index in [1.54, 1.807) is 0 Å². The van der Waals surface area contributed by atoms with E-state index < -0.39 is 0 Å². The number of aliphatic hydroxyl groups excluding tert-OH is 1. The molecule has 0 aromatic carbocycles. The molecule has 1 N–H and O–H groups in total. The normalized spacial score (nSPS) is 13.1. The molecular formula is C10H18N2O2. The number of aryl methyl sites for hydroxylation is 1. The summed E-state index contributed by atoms with van der Waals surface area (Å²) in [6.07, 6.45) is 3.73. The monoisotopic (exact) mass is 198 g/mol. The first-order chi connectivity index (χ1) is 6.76. The van der Waals surface area contributed by atoms with Crippen LogP contribution in [-0.4, -0.2) is 21.4 Å². The Morgan fingerprint density at radius 1 is 1.36 bits per heavy atom. The predicted octanol–water partition coefficient (Wildman–Crippen LogP) is 1.73. The maximum atomic E-state index is 9.51. The predicted molar refractivity (Wildman–Crippen MR) is 52.9 cm³/mol. The number of rotatable bonds is 6. The van der Waals surface area contributed by atoms with Crippen molar-refractivity contribution in [2.75, 3.05) is 0 Å². The molecule has 1 atom stereocenters.